The van der Waals surface area contributed by atoms with Gasteiger partial charge in [-0.3, -0.25) is 4.79 Å². The minimum atomic E-state index is -3.82. The van der Waals surface area contributed by atoms with Crippen LogP contribution in [0.3, 0.4) is 0 Å². The van der Waals surface area contributed by atoms with Gasteiger partial charge >= 0.3 is 0 Å². The summed E-state index contributed by atoms with van der Waals surface area (Å²) in [6, 6.07) is 1.61. The lowest BCUT2D eigenvalue weighted by molar-refractivity contribution is -0.126. The highest BCUT2D eigenvalue weighted by Crippen LogP contribution is 2.26. The molecule has 1 atom stereocenters. The SMILES string of the molecule is Cc1cc(F)cc(C)c1S(=O)(=O)N1CCNC(=O)C1C. The fourth-order valence-corrected chi connectivity index (χ4v) is 4.52. The number of hydrogen-bond donors (Lipinski definition) is 1. The number of nitrogens with zero attached hydrogens (tertiary/aromatic N) is 1. The average Bonchev–Trinajstić information content (AvgIpc) is 2.30. The molecule has 1 saturated heterocycles. The predicted molar refractivity (Wildman–Crippen MR) is 72.2 cm³/mol. The summed E-state index contributed by atoms with van der Waals surface area (Å²) in [5, 5.41) is 2.62. The van der Waals surface area contributed by atoms with E-state index in [-0.39, 0.29) is 23.9 Å². The number of benzene rings is 1. The van der Waals surface area contributed by atoms with Crippen LogP contribution in [0.1, 0.15) is 18.1 Å². The fraction of sp³-hybridized carbons (Fsp3) is 0.462. The Balaban J connectivity index is 2.53. The van der Waals surface area contributed by atoms with Gasteiger partial charge in [-0.05, 0) is 44.0 Å². The second-order valence-corrected chi connectivity index (χ2v) is 6.78. The van der Waals surface area contributed by atoms with Crippen molar-refractivity contribution < 1.29 is 17.6 Å². The van der Waals surface area contributed by atoms with Crippen molar-refractivity contribution in [2.24, 2.45) is 0 Å². The molecule has 0 aromatic heterocycles. The molecule has 1 aliphatic rings. The molecule has 0 aliphatic carbocycles. The fourth-order valence-electron chi connectivity index (χ4n) is 2.51. The Morgan fingerprint density at radius 1 is 1.30 bits per heavy atom. The Kier molecular flexibility index (Phi) is 3.84. The molecule has 1 aromatic rings. The topological polar surface area (TPSA) is 66.5 Å². The lowest BCUT2D eigenvalue weighted by Crippen LogP contribution is -2.55. The number of halogens is 1. The molecule has 2 rings (SSSR count). The van der Waals surface area contributed by atoms with Gasteiger partial charge in [0, 0.05) is 13.1 Å². The van der Waals surface area contributed by atoms with Crippen LogP contribution in [0.25, 0.3) is 0 Å². The van der Waals surface area contributed by atoms with Crippen molar-refractivity contribution in [3.05, 3.63) is 29.1 Å². The molecule has 1 aromatic carbocycles. The van der Waals surface area contributed by atoms with E-state index in [4.69, 9.17) is 0 Å². The molecule has 0 bridgehead atoms. The molecule has 1 amide bonds. The second-order valence-electron chi connectivity index (χ2n) is 4.95. The summed E-state index contributed by atoms with van der Waals surface area (Å²) >= 11 is 0. The molecule has 0 saturated carbocycles. The van der Waals surface area contributed by atoms with Crippen molar-refractivity contribution in [3.8, 4) is 0 Å². The molecule has 0 radical (unpaired) electrons. The Bertz CT molecular complexity index is 635. The largest absolute Gasteiger partial charge is 0.353 e. The summed E-state index contributed by atoms with van der Waals surface area (Å²) in [5.74, 6) is -0.791. The maximum Gasteiger partial charge on any atom is 0.244 e. The van der Waals surface area contributed by atoms with Crippen LogP contribution in [0.15, 0.2) is 17.0 Å². The van der Waals surface area contributed by atoms with Gasteiger partial charge in [-0.15, -0.1) is 0 Å². The molecule has 5 nitrogen and oxygen atoms in total. The zero-order valence-corrected chi connectivity index (χ0v) is 12.4. The smallest absolute Gasteiger partial charge is 0.244 e. The first-order valence-corrected chi connectivity index (χ1v) is 7.75. The van der Waals surface area contributed by atoms with Crippen LogP contribution in [0.5, 0.6) is 0 Å². The van der Waals surface area contributed by atoms with E-state index in [2.05, 4.69) is 5.32 Å². The zero-order valence-electron chi connectivity index (χ0n) is 11.6. The second kappa shape index (κ2) is 5.14. The number of nitrogens with one attached hydrogen (secondary N) is 1. The van der Waals surface area contributed by atoms with E-state index in [9.17, 15) is 17.6 Å². The van der Waals surface area contributed by atoms with Crippen molar-refractivity contribution in [1.29, 1.82) is 0 Å². The minimum Gasteiger partial charge on any atom is -0.353 e. The monoisotopic (exact) mass is 300 g/mol. The summed E-state index contributed by atoms with van der Waals surface area (Å²) in [6.07, 6.45) is 0. The average molecular weight is 300 g/mol. The lowest BCUT2D eigenvalue weighted by atomic mass is 10.1. The molecule has 20 heavy (non-hydrogen) atoms. The number of amides is 1. The normalized spacial score (nSPS) is 20.8. The van der Waals surface area contributed by atoms with E-state index in [0.717, 1.165) is 0 Å². The van der Waals surface area contributed by atoms with Crippen molar-refractivity contribution in [1.82, 2.24) is 9.62 Å². The summed E-state index contributed by atoms with van der Waals surface area (Å²) in [7, 11) is -3.82. The summed E-state index contributed by atoms with van der Waals surface area (Å²) in [4.78, 5) is 11.7. The van der Waals surface area contributed by atoms with Crippen molar-refractivity contribution in [3.63, 3.8) is 0 Å². The van der Waals surface area contributed by atoms with Crippen LogP contribution in [-0.2, 0) is 14.8 Å². The van der Waals surface area contributed by atoms with E-state index >= 15 is 0 Å². The highest BCUT2D eigenvalue weighted by atomic mass is 32.2. The minimum absolute atomic E-state index is 0.0838. The van der Waals surface area contributed by atoms with Gasteiger partial charge in [-0.1, -0.05) is 0 Å². The van der Waals surface area contributed by atoms with Crippen molar-refractivity contribution >= 4 is 15.9 Å². The first kappa shape index (κ1) is 14.9. The van der Waals surface area contributed by atoms with Crippen molar-refractivity contribution in [2.45, 2.75) is 31.7 Å². The Morgan fingerprint density at radius 2 is 1.85 bits per heavy atom. The quantitative estimate of drug-likeness (QED) is 0.884. The maximum absolute atomic E-state index is 13.3. The molecule has 1 heterocycles. The molecule has 1 unspecified atom stereocenters. The lowest BCUT2D eigenvalue weighted by Gasteiger charge is -2.32. The molecule has 110 valence electrons. The first-order valence-electron chi connectivity index (χ1n) is 6.31. The molecular formula is C13H17FN2O3S. The van der Waals surface area contributed by atoms with Crippen LogP contribution in [0.2, 0.25) is 0 Å². The van der Waals surface area contributed by atoms with Crippen molar-refractivity contribution in [2.75, 3.05) is 13.1 Å². The molecule has 7 heteroatoms. The number of carbonyl (C=O) groups is 1. The summed E-state index contributed by atoms with van der Waals surface area (Å²) in [6.45, 7) is 5.14. The van der Waals surface area contributed by atoms with Gasteiger partial charge in [0.25, 0.3) is 0 Å². The maximum atomic E-state index is 13.3. The van der Waals surface area contributed by atoms with Crippen LogP contribution in [0, 0.1) is 19.7 Å². The molecule has 1 aliphatic heterocycles. The number of hydrogen-bond acceptors (Lipinski definition) is 3. The number of rotatable bonds is 2. The van der Waals surface area contributed by atoms with Crippen LogP contribution >= 0.6 is 0 Å². The van der Waals surface area contributed by atoms with Crippen LogP contribution < -0.4 is 5.32 Å². The third kappa shape index (κ3) is 2.43. The highest BCUT2D eigenvalue weighted by Gasteiger charge is 2.37. The Hall–Kier alpha value is -1.47. The van der Waals surface area contributed by atoms with E-state index < -0.39 is 21.9 Å². The van der Waals surface area contributed by atoms with Gasteiger partial charge in [0.1, 0.15) is 11.9 Å². The van der Waals surface area contributed by atoms with Gasteiger partial charge in [0.15, 0.2) is 0 Å². The third-order valence-electron chi connectivity index (χ3n) is 3.43. The summed E-state index contributed by atoms with van der Waals surface area (Å²) < 4.78 is 39.9. The van der Waals surface area contributed by atoms with Crippen LogP contribution in [-0.4, -0.2) is 37.8 Å². The van der Waals surface area contributed by atoms with Crippen LogP contribution in [0.4, 0.5) is 4.39 Å². The van der Waals surface area contributed by atoms with Gasteiger partial charge in [-0.2, -0.15) is 4.31 Å². The van der Waals surface area contributed by atoms with Gasteiger partial charge < -0.3 is 5.32 Å². The predicted octanol–water partition coefficient (Wildman–Crippen LogP) is 0.952. The van der Waals surface area contributed by atoms with Gasteiger partial charge in [0.05, 0.1) is 4.90 Å². The van der Waals surface area contributed by atoms with Gasteiger partial charge in [0.2, 0.25) is 15.9 Å². The standard InChI is InChI=1S/C13H17FN2O3S/c1-8-6-11(14)7-9(2)12(8)20(18,19)16-5-4-15-13(17)10(16)3/h6-7,10H,4-5H2,1-3H3,(H,15,17). The van der Waals surface area contributed by atoms with E-state index in [1.165, 1.54) is 16.4 Å². The van der Waals surface area contributed by atoms with E-state index in [1.54, 1.807) is 20.8 Å². The molecular weight excluding hydrogens is 283 g/mol. The van der Waals surface area contributed by atoms with E-state index in [1.807, 2.05) is 0 Å². The summed E-state index contributed by atoms with van der Waals surface area (Å²) in [5.41, 5.74) is 0.696. The third-order valence-corrected chi connectivity index (χ3v) is 5.71. The number of sulfonamides is 1. The molecule has 1 N–H and O–H groups in total. The first-order chi connectivity index (χ1) is 9.25. The Labute approximate surface area is 117 Å². The number of carbonyl (C=O) groups excluding carboxylic acids is 1. The molecule has 1 fully saturated rings. The number of aryl methyl sites for hydroxylation is 2. The van der Waals surface area contributed by atoms with Gasteiger partial charge in [-0.25, -0.2) is 12.8 Å². The molecule has 0 spiro atoms. The highest BCUT2D eigenvalue weighted by molar-refractivity contribution is 7.89. The Morgan fingerprint density at radius 3 is 2.40 bits per heavy atom. The van der Waals surface area contributed by atoms with E-state index in [0.29, 0.717) is 11.1 Å². The number of piperazine rings is 1. The zero-order chi connectivity index (χ0) is 15.1.